The van der Waals surface area contributed by atoms with Gasteiger partial charge in [-0.1, -0.05) is 11.6 Å². The molecule has 0 amide bonds. The van der Waals surface area contributed by atoms with Gasteiger partial charge in [0.1, 0.15) is 11.5 Å². The van der Waals surface area contributed by atoms with E-state index in [0.717, 1.165) is 21.9 Å². The van der Waals surface area contributed by atoms with Crippen molar-refractivity contribution in [2.45, 2.75) is 20.3 Å². The molecule has 6 heteroatoms. The summed E-state index contributed by atoms with van der Waals surface area (Å²) < 4.78 is 12.0. The van der Waals surface area contributed by atoms with Gasteiger partial charge < -0.3 is 14.6 Å². The minimum absolute atomic E-state index is 0.214. The Morgan fingerprint density at radius 1 is 1.12 bits per heavy atom. The van der Waals surface area contributed by atoms with Crippen molar-refractivity contribution in [2.24, 2.45) is 0 Å². The van der Waals surface area contributed by atoms with Gasteiger partial charge in [0.05, 0.1) is 23.2 Å². The molecule has 0 bridgehead atoms. The largest absolute Gasteiger partial charge is 0.493 e. The third-order valence-corrected chi connectivity index (χ3v) is 4.62. The summed E-state index contributed by atoms with van der Waals surface area (Å²) in [5.74, 6) is 0.434. The predicted octanol–water partition coefficient (Wildman–Crippen LogP) is 5.27. The van der Waals surface area contributed by atoms with E-state index in [1.54, 1.807) is 6.07 Å². The van der Waals surface area contributed by atoms with Gasteiger partial charge in [0, 0.05) is 11.4 Å². The molecule has 0 aliphatic rings. The average Bonchev–Trinajstić information content (AvgIpc) is 2.53. The van der Waals surface area contributed by atoms with Crippen molar-refractivity contribution in [3.63, 3.8) is 0 Å². The molecule has 24 heavy (non-hydrogen) atoms. The number of benzene rings is 2. The Morgan fingerprint density at radius 3 is 2.33 bits per heavy atom. The molecule has 2 aromatic carbocycles. The number of carboxylic acids is 1. The first-order chi connectivity index (χ1) is 11.4. The van der Waals surface area contributed by atoms with Crippen LogP contribution in [0.3, 0.4) is 0 Å². The van der Waals surface area contributed by atoms with Crippen LogP contribution in [0.5, 0.6) is 11.5 Å². The summed E-state index contributed by atoms with van der Waals surface area (Å²) in [5.41, 5.74) is 2.20. The SMILES string of the molecule is Cc1cc(OCCCOc2ccc(C(=O)O)cc2Br)cc(C)c1Cl. The molecule has 0 unspecified atom stereocenters. The number of carbonyl (C=O) groups is 1. The van der Waals surface area contributed by atoms with Crippen molar-refractivity contribution in [2.75, 3.05) is 13.2 Å². The Bertz CT molecular complexity index is 723. The van der Waals surface area contributed by atoms with E-state index in [2.05, 4.69) is 15.9 Å². The lowest BCUT2D eigenvalue weighted by molar-refractivity contribution is 0.0696. The summed E-state index contributed by atoms with van der Waals surface area (Å²) >= 11 is 9.44. The lowest BCUT2D eigenvalue weighted by Gasteiger charge is -2.11. The number of hydrogen-bond donors (Lipinski definition) is 1. The smallest absolute Gasteiger partial charge is 0.335 e. The van der Waals surface area contributed by atoms with Gasteiger partial charge in [0.15, 0.2) is 0 Å². The van der Waals surface area contributed by atoms with Crippen LogP contribution in [0, 0.1) is 13.8 Å². The second kappa shape index (κ2) is 8.40. The Kier molecular flexibility index (Phi) is 6.52. The van der Waals surface area contributed by atoms with E-state index in [9.17, 15) is 4.79 Å². The molecule has 2 rings (SSSR count). The van der Waals surface area contributed by atoms with E-state index in [-0.39, 0.29) is 5.56 Å². The third kappa shape index (κ3) is 4.89. The van der Waals surface area contributed by atoms with Gasteiger partial charge >= 0.3 is 5.97 Å². The minimum atomic E-state index is -0.968. The van der Waals surface area contributed by atoms with Crippen molar-refractivity contribution in [1.29, 1.82) is 0 Å². The molecule has 0 spiro atoms. The Balaban J connectivity index is 1.80. The number of ether oxygens (including phenoxy) is 2. The molecule has 0 saturated carbocycles. The van der Waals surface area contributed by atoms with E-state index in [1.165, 1.54) is 12.1 Å². The van der Waals surface area contributed by atoms with Crippen molar-refractivity contribution in [3.8, 4) is 11.5 Å². The zero-order valence-electron chi connectivity index (χ0n) is 13.4. The minimum Gasteiger partial charge on any atom is -0.493 e. The number of aryl methyl sites for hydroxylation is 2. The van der Waals surface area contributed by atoms with Crippen LogP contribution in [0.15, 0.2) is 34.8 Å². The Morgan fingerprint density at radius 2 is 1.75 bits per heavy atom. The van der Waals surface area contributed by atoms with Crippen LogP contribution < -0.4 is 9.47 Å². The van der Waals surface area contributed by atoms with Crippen LogP contribution in [-0.4, -0.2) is 24.3 Å². The monoisotopic (exact) mass is 412 g/mol. The zero-order valence-corrected chi connectivity index (χ0v) is 15.8. The van der Waals surface area contributed by atoms with Gasteiger partial charge in [0.2, 0.25) is 0 Å². The molecule has 0 aliphatic carbocycles. The van der Waals surface area contributed by atoms with Crippen molar-refractivity contribution in [1.82, 2.24) is 0 Å². The molecule has 0 radical (unpaired) electrons. The summed E-state index contributed by atoms with van der Waals surface area (Å²) in [4.78, 5) is 10.9. The molecule has 0 fully saturated rings. The van der Waals surface area contributed by atoms with Crippen LogP contribution in [-0.2, 0) is 0 Å². The first-order valence-electron chi connectivity index (χ1n) is 7.43. The molecule has 1 N–H and O–H groups in total. The molecule has 4 nitrogen and oxygen atoms in total. The lowest BCUT2D eigenvalue weighted by Crippen LogP contribution is -2.06. The molecule has 0 aromatic heterocycles. The Labute approximate surface area is 154 Å². The molecule has 2 aromatic rings. The fraction of sp³-hybridized carbons (Fsp3) is 0.278. The maximum atomic E-state index is 10.9. The van der Waals surface area contributed by atoms with Gasteiger partial charge in [0.25, 0.3) is 0 Å². The highest BCUT2D eigenvalue weighted by Crippen LogP contribution is 2.27. The van der Waals surface area contributed by atoms with Crippen molar-refractivity contribution >= 4 is 33.5 Å². The highest BCUT2D eigenvalue weighted by atomic mass is 79.9. The standard InChI is InChI=1S/C18H18BrClO4/c1-11-8-14(9-12(2)17(11)20)23-6-3-7-24-16-5-4-13(18(21)22)10-15(16)19/h4-5,8-10H,3,6-7H2,1-2H3,(H,21,22). The number of aromatic carboxylic acids is 1. The highest BCUT2D eigenvalue weighted by Gasteiger charge is 2.08. The van der Waals surface area contributed by atoms with E-state index in [1.807, 2.05) is 26.0 Å². The maximum absolute atomic E-state index is 10.9. The number of hydrogen-bond acceptors (Lipinski definition) is 3. The fourth-order valence-corrected chi connectivity index (χ4v) is 2.77. The van der Waals surface area contributed by atoms with Gasteiger partial charge in [-0.3, -0.25) is 0 Å². The average molecular weight is 414 g/mol. The van der Waals surface area contributed by atoms with E-state index >= 15 is 0 Å². The topological polar surface area (TPSA) is 55.8 Å². The third-order valence-electron chi connectivity index (χ3n) is 3.40. The predicted molar refractivity (Wildman–Crippen MR) is 97.6 cm³/mol. The molecule has 0 atom stereocenters. The zero-order chi connectivity index (χ0) is 17.7. The van der Waals surface area contributed by atoms with Crippen molar-refractivity contribution in [3.05, 3.63) is 56.5 Å². The van der Waals surface area contributed by atoms with Gasteiger partial charge in [-0.25, -0.2) is 4.79 Å². The number of carboxylic acid groups (broad SMARTS) is 1. The first-order valence-corrected chi connectivity index (χ1v) is 8.60. The van der Waals surface area contributed by atoms with Crippen LogP contribution in [0.1, 0.15) is 27.9 Å². The van der Waals surface area contributed by atoms with Crippen LogP contribution in [0.25, 0.3) is 0 Å². The normalized spacial score (nSPS) is 10.5. The molecular weight excluding hydrogens is 396 g/mol. The molecule has 0 heterocycles. The van der Waals surface area contributed by atoms with Gasteiger partial charge in [-0.2, -0.15) is 0 Å². The van der Waals surface area contributed by atoms with Gasteiger partial charge in [-0.15, -0.1) is 0 Å². The van der Waals surface area contributed by atoms with Crippen LogP contribution >= 0.6 is 27.5 Å². The highest BCUT2D eigenvalue weighted by molar-refractivity contribution is 9.10. The molecule has 128 valence electrons. The summed E-state index contributed by atoms with van der Waals surface area (Å²) in [6.07, 6.45) is 0.702. The van der Waals surface area contributed by atoms with Crippen LogP contribution in [0.4, 0.5) is 0 Å². The summed E-state index contributed by atoms with van der Waals surface area (Å²) in [5, 5.41) is 9.69. The van der Waals surface area contributed by atoms with Crippen LogP contribution in [0.2, 0.25) is 5.02 Å². The molecular formula is C18H18BrClO4. The molecule has 0 saturated heterocycles. The summed E-state index contributed by atoms with van der Waals surface area (Å²) in [7, 11) is 0. The number of rotatable bonds is 7. The quantitative estimate of drug-likeness (QED) is 0.629. The molecule has 0 aliphatic heterocycles. The van der Waals surface area contributed by atoms with E-state index in [4.69, 9.17) is 26.2 Å². The van der Waals surface area contributed by atoms with Gasteiger partial charge in [-0.05, 0) is 71.2 Å². The summed E-state index contributed by atoms with van der Waals surface area (Å²) in [6.45, 7) is 4.88. The maximum Gasteiger partial charge on any atom is 0.335 e. The van der Waals surface area contributed by atoms with E-state index < -0.39 is 5.97 Å². The fourth-order valence-electron chi connectivity index (χ4n) is 2.17. The Hall–Kier alpha value is -1.72. The van der Waals surface area contributed by atoms with E-state index in [0.29, 0.717) is 29.9 Å². The van der Waals surface area contributed by atoms with Crippen molar-refractivity contribution < 1.29 is 19.4 Å². The second-order valence-corrected chi connectivity index (χ2v) is 6.60. The first kappa shape index (κ1) is 18.6. The second-order valence-electron chi connectivity index (χ2n) is 5.37. The summed E-state index contributed by atoms with van der Waals surface area (Å²) in [6, 6.07) is 8.50. The lowest BCUT2D eigenvalue weighted by atomic mass is 10.1. The number of halogens is 2.